The molecule has 0 saturated carbocycles. The van der Waals surface area contributed by atoms with Gasteiger partial charge in [-0.1, -0.05) is 64.1 Å². The predicted molar refractivity (Wildman–Crippen MR) is 114 cm³/mol. The molecule has 1 unspecified atom stereocenters. The van der Waals surface area contributed by atoms with Crippen molar-refractivity contribution >= 4 is 21.7 Å². The maximum atomic E-state index is 4.71. The van der Waals surface area contributed by atoms with E-state index in [1.54, 1.807) is 0 Å². The molecule has 0 N–H and O–H groups in total. The smallest absolute Gasteiger partial charge is 0.0704 e. The van der Waals surface area contributed by atoms with E-state index >= 15 is 0 Å². The molecule has 0 aliphatic carbocycles. The molecular weight excluding hydrogens is 328 g/mol. The molecule has 4 aromatic rings. The van der Waals surface area contributed by atoms with Gasteiger partial charge in [-0.3, -0.25) is 9.97 Å². The topological polar surface area (TPSA) is 25.8 Å². The first-order valence-electron chi connectivity index (χ1n) is 9.64. The fourth-order valence-electron chi connectivity index (χ4n) is 3.53. The van der Waals surface area contributed by atoms with Crippen molar-refractivity contribution in [2.75, 3.05) is 0 Å². The Balaban J connectivity index is 1.60. The van der Waals surface area contributed by atoms with Gasteiger partial charge in [0.05, 0.1) is 5.52 Å². The number of aromatic nitrogens is 2. The third kappa shape index (κ3) is 3.71. The van der Waals surface area contributed by atoms with Crippen LogP contribution in [0.1, 0.15) is 50.4 Å². The van der Waals surface area contributed by atoms with Crippen LogP contribution in [-0.4, -0.2) is 9.97 Å². The first-order chi connectivity index (χ1) is 12.9. The van der Waals surface area contributed by atoms with Gasteiger partial charge in [0, 0.05) is 34.8 Å². The number of nitrogens with zero attached hydrogens (tertiary/aromatic N) is 2. The van der Waals surface area contributed by atoms with Gasteiger partial charge >= 0.3 is 0 Å². The highest BCUT2D eigenvalue weighted by Gasteiger charge is 2.15. The first-order valence-corrected chi connectivity index (χ1v) is 9.64. The highest BCUT2D eigenvalue weighted by molar-refractivity contribution is 5.82. The summed E-state index contributed by atoms with van der Waals surface area (Å²) >= 11 is 0. The van der Waals surface area contributed by atoms with E-state index in [9.17, 15) is 0 Å². The summed E-state index contributed by atoms with van der Waals surface area (Å²) in [5.41, 5.74) is 4.91. The summed E-state index contributed by atoms with van der Waals surface area (Å²) in [7, 11) is 0. The number of fused-ring (bicyclic) bond motifs is 2. The molecule has 2 aromatic carbocycles. The van der Waals surface area contributed by atoms with Crippen LogP contribution in [0, 0.1) is 0 Å². The molecule has 0 spiro atoms. The number of hydrogen-bond acceptors (Lipinski definition) is 2. The minimum atomic E-state index is 0.121. The molecule has 136 valence electrons. The minimum absolute atomic E-state index is 0.121. The highest BCUT2D eigenvalue weighted by Crippen LogP contribution is 2.27. The lowest BCUT2D eigenvalue weighted by Gasteiger charge is -2.19. The fraction of sp³-hybridized carbons (Fsp3) is 0.280. The van der Waals surface area contributed by atoms with Gasteiger partial charge in [-0.2, -0.15) is 0 Å². The van der Waals surface area contributed by atoms with Gasteiger partial charge in [-0.15, -0.1) is 0 Å². The zero-order chi connectivity index (χ0) is 19.0. The van der Waals surface area contributed by atoms with E-state index < -0.39 is 0 Å². The van der Waals surface area contributed by atoms with Crippen LogP contribution in [0.5, 0.6) is 0 Å². The standard InChI is InChI=1S/C25H26N2/c1-17(23-14-19-7-5-6-8-21(19)15-26-23)11-18-9-10-20-13-22(25(2,3)4)16-27-24(20)12-18/h5-10,12-17H,11H2,1-4H3. The molecule has 2 aromatic heterocycles. The molecule has 0 aliphatic rings. The summed E-state index contributed by atoms with van der Waals surface area (Å²) in [6, 6.07) is 19.5. The van der Waals surface area contributed by atoms with Crippen LogP contribution in [0.15, 0.2) is 67.0 Å². The Kier molecular flexibility index (Phi) is 4.43. The normalized spacial score (nSPS) is 13.2. The fourth-order valence-corrected chi connectivity index (χ4v) is 3.53. The Morgan fingerprint density at radius 2 is 1.59 bits per heavy atom. The van der Waals surface area contributed by atoms with Gasteiger partial charge in [0.2, 0.25) is 0 Å². The Morgan fingerprint density at radius 1 is 0.815 bits per heavy atom. The predicted octanol–water partition coefficient (Wildman–Crippen LogP) is 6.43. The van der Waals surface area contributed by atoms with Gasteiger partial charge < -0.3 is 0 Å². The monoisotopic (exact) mass is 354 g/mol. The molecular formula is C25H26N2. The average molecular weight is 354 g/mol. The number of rotatable bonds is 3. The Morgan fingerprint density at radius 3 is 2.37 bits per heavy atom. The quantitative estimate of drug-likeness (QED) is 0.424. The zero-order valence-corrected chi connectivity index (χ0v) is 16.5. The van der Waals surface area contributed by atoms with Crippen molar-refractivity contribution in [3.8, 4) is 0 Å². The van der Waals surface area contributed by atoms with E-state index in [-0.39, 0.29) is 5.41 Å². The van der Waals surface area contributed by atoms with Crippen LogP contribution in [0.25, 0.3) is 21.7 Å². The van der Waals surface area contributed by atoms with E-state index in [2.05, 4.69) is 87.3 Å². The van der Waals surface area contributed by atoms with Crippen molar-refractivity contribution in [2.24, 2.45) is 0 Å². The Labute approximate surface area is 161 Å². The summed E-state index contributed by atoms with van der Waals surface area (Å²) < 4.78 is 0. The molecule has 0 fully saturated rings. The Bertz CT molecular complexity index is 1110. The van der Waals surface area contributed by atoms with E-state index in [1.807, 2.05) is 12.4 Å². The second-order valence-electron chi connectivity index (χ2n) is 8.56. The first kappa shape index (κ1) is 17.7. The van der Waals surface area contributed by atoms with Gasteiger partial charge in [0.1, 0.15) is 0 Å². The van der Waals surface area contributed by atoms with Gasteiger partial charge in [-0.25, -0.2) is 0 Å². The molecule has 4 rings (SSSR count). The van der Waals surface area contributed by atoms with Gasteiger partial charge in [-0.05, 0) is 46.5 Å². The van der Waals surface area contributed by atoms with Crippen LogP contribution >= 0.6 is 0 Å². The molecule has 2 heterocycles. The van der Waals surface area contributed by atoms with Crippen molar-refractivity contribution in [1.82, 2.24) is 9.97 Å². The van der Waals surface area contributed by atoms with E-state index in [4.69, 9.17) is 4.98 Å². The third-order valence-corrected chi connectivity index (χ3v) is 5.31. The van der Waals surface area contributed by atoms with Crippen LogP contribution in [0.2, 0.25) is 0 Å². The van der Waals surface area contributed by atoms with Crippen molar-refractivity contribution in [1.29, 1.82) is 0 Å². The van der Waals surface area contributed by atoms with E-state index in [1.165, 1.54) is 27.3 Å². The second kappa shape index (κ2) is 6.77. The minimum Gasteiger partial charge on any atom is -0.260 e. The lowest BCUT2D eigenvalue weighted by Crippen LogP contribution is -2.11. The largest absolute Gasteiger partial charge is 0.260 e. The molecule has 2 nitrogen and oxygen atoms in total. The number of hydrogen-bond donors (Lipinski definition) is 0. The zero-order valence-electron chi connectivity index (χ0n) is 16.5. The molecule has 2 heteroatoms. The summed E-state index contributed by atoms with van der Waals surface area (Å²) in [6.45, 7) is 8.92. The van der Waals surface area contributed by atoms with Crippen molar-refractivity contribution in [3.63, 3.8) is 0 Å². The van der Waals surface area contributed by atoms with Crippen molar-refractivity contribution in [3.05, 3.63) is 83.8 Å². The summed E-state index contributed by atoms with van der Waals surface area (Å²) in [6.07, 6.45) is 4.96. The average Bonchev–Trinajstić information content (AvgIpc) is 2.66. The molecule has 1 atom stereocenters. The number of benzene rings is 2. The summed E-state index contributed by atoms with van der Waals surface area (Å²) in [4.78, 5) is 9.40. The Hall–Kier alpha value is -2.74. The van der Waals surface area contributed by atoms with E-state index in [0.29, 0.717) is 5.92 Å². The van der Waals surface area contributed by atoms with Gasteiger partial charge in [0.15, 0.2) is 0 Å². The van der Waals surface area contributed by atoms with Crippen LogP contribution in [0.3, 0.4) is 0 Å². The van der Waals surface area contributed by atoms with Gasteiger partial charge in [0.25, 0.3) is 0 Å². The lowest BCUT2D eigenvalue weighted by molar-refractivity contribution is 0.589. The lowest BCUT2D eigenvalue weighted by atomic mass is 9.87. The summed E-state index contributed by atoms with van der Waals surface area (Å²) in [5.74, 6) is 0.362. The van der Waals surface area contributed by atoms with Crippen LogP contribution in [-0.2, 0) is 11.8 Å². The van der Waals surface area contributed by atoms with Crippen LogP contribution < -0.4 is 0 Å². The SMILES string of the molecule is CC(Cc1ccc2cc(C(C)(C)C)cnc2c1)c1cc2ccccc2cn1. The van der Waals surface area contributed by atoms with Crippen molar-refractivity contribution < 1.29 is 0 Å². The maximum Gasteiger partial charge on any atom is 0.0704 e. The van der Waals surface area contributed by atoms with Crippen molar-refractivity contribution in [2.45, 2.75) is 45.4 Å². The van der Waals surface area contributed by atoms with Crippen LogP contribution in [0.4, 0.5) is 0 Å². The third-order valence-electron chi connectivity index (χ3n) is 5.31. The number of pyridine rings is 2. The molecule has 0 saturated heterocycles. The molecule has 0 radical (unpaired) electrons. The molecule has 0 amide bonds. The maximum absolute atomic E-state index is 4.71. The highest BCUT2D eigenvalue weighted by atomic mass is 14.7. The van der Waals surface area contributed by atoms with E-state index in [0.717, 1.165) is 17.6 Å². The second-order valence-corrected chi connectivity index (χ2v) is 8.56. The summed E-state index contributed by atoms with van der Waals surface area (Å²) in [5, 5.41) is 3.66. The molecule has 0 bridgehead atoms. The molecule has 27 heavy (non-hydrogen) atoms. The molecule has 0 aliphatic heterocycles.